The maximum Gasteiger partial charge on any atom is 0.0860 e. The van der Waals surface area contributed by atoms with Crippen LogP contribution in [0.4, 0.5) is 5.69 Å². The molecule has 0 aliphatic carbocycles. The molecule has 0 unspecified atom stereocenters. The number of halogens is 2. The van der Waals surface area contributed by atoms with E-state index >= 15 is 0 Å². The molecule has 0 saturated heterocycles. The van der Waals surface area contributed by atoms with Crippen LogP contribution in [-0.4, -0.2) is 4.98 Å². The summed E-state index contributed by atoms with van der Waals surface area (Å²) < 4.78 is 1.04. The molecule has 0 aliphatic rings. The van der Waals surface area contributed by atoms with E-state index in [1.54, 1.807) is 0 Å². The first-order chi connectivity index (χ1) is 7.54. The van der Waals surface area contributed by atoms with Crippen LogP contribution in [0.2, 0.25) is 5.02 Å². The molecule has 0 spiro atoms. The van der Waals surface area contributed by atoms with Crippen LogP contribution in [0, 0.1) is 10.5 Å². The van der Waals surface area contributed by atoms with Crippen LogP contribution in [0.5, 0.6) is 0 Å². The predicted octanol–water partition coefficient (Wildman–Crippen LogP) is 3.95. The number of aromatic nitrogens is 1. The fraction of sp³-hybridized carbons (Fsp3) is 0.250. The molecule has 0 saturated carbocycles. The molecule has 0 bridgehead atoms. The number of nitrogens with two attached hydrogens (primary N) is 1. The molecule has 0 fully saturated rings. The molecule has 1 heterocycles. The molecule has 1 aromatic heterocycles. The summed E-state index contributed by atoms with van der Waals surface area (Å²) in [6.45, 7) is 4.08. The third kappa shape index (κ3) is 1.86. The lowest BCUT2D eigenvalue weighted by atomic mass is 10.0. The lowest BCUT2D eigenvalue weighted by molar-refractivity contribution is 1.07. The number of pyridine rings is 1. The average molecular weight is 347 g/mol. The first-order valence-electron chi connectivity index (χ1n) is 5.08. The first-order valence-corrected chi connectivity index (χ1v) is 6.54. The van der Waals surface area contributed by atoms with Gasteiger partial charge in [-0.25, -0.2) is 0 Å². The van der Waals surface area contributed by atoms with Gasteiger partial charge < -0.3 is 5.73 Å². The van der Waals surface area contributed by atoms with Gasteiger partial charge in [-0.3, -0.25) is 4.98 Å². The number of hydrogen-bond donors (Lipinski definition) is 1. The Labute approximate surface area is 113 Å². The Balaban J connectivity index is 2.93. The lowest BCUT2D eigenvalue weighted by Crippen LogP contribution is -2.01. The smallest absolute Gasteiger partial charge is 0.0860 e. The summed E-state index contributed by atoms with van der Waals surface area (Å²) >= 11 is 8.28. The SMILES string of the molecule is CCc1c(C)nc2c(I)cc(Cl)cc2c1N. The summed E-state index contributed by atoms with van der Waals surface area (Å²) in [7, 11) is 0. The third-order valence-corrected chi connectivity index (χ3v) is 3.75. The Morgan fingerprint density at radius 3 is 2.75 bits per heavy atom. The standard InChI is InChI=1S/C12H12ClIN2/c1-3-8-6(2)16-12-9(11(8)15)4-7(13)5-10(12)14/h4-5H,3H2,1-2H3,(H2,15,16). The number of nitrogen functional groups attached to an aromatic ring is 1. The molecule has 0 amide bonds. The van der Waals surface area contributed by atoms with Crippen LogP contribution < -0.4 is 5.73 Å². The van der Waals surface area contributed by atoms with Gasteiger partial charge in [-0.15, -0.1) is 0 Å². The average Bonchev–Trinajstić information content (AvgIpc) is 2.21. The zero-order chi connectivity index (χ0) is 11.9. The summed E-state index contributed by atoms with van der Waals surface area (Å²) in [5, 5.41) is 1.66. The van der Waals surface area contributed by atoms with E-state index < -0.39 is 0 Å². The van der Waals surface area contributed by atoms with Crippen molar-refractivity contribution in [3.8, 4) is 0 Å². The Bertz CT molecular complexity index is 567. The van der Waals surface area contributed by atoms with Gasteiger partial charge in [-0.2, -0.15) is 0 Å². The molecule has 0 atom stereocenters. The fourth-order valence-electron chi connectivity index (χ4n) is 1.92. The van der Waals surface area contributed by atoms with Gasteiger partial charge in [0.05, 0.1) is 5.52 Å². The molecule has 84 valence electrons. The highest BCUT2D eigenvalue weighted by atomic mass is 127. The van der Waals surface area contributed by atoms with Gasteiger partial charge >= 0.3 is 0 Å². The summed E-state index contributed by atoms with van der Waals surface area (Å²) in [5.74, 6) is 0. The second-order valence-electron chi connectivity index (χ2n) is 3.73. The van der Waals surface area contributed by atoms with E-state index in [0.717, 1.165) is 37.8 Å². The molecule has 2 rings (SSSR count). The highest BCUT2D eigenvalue weighted by Crippen LogP contribution is 2.31. The number of fused-ring (bicyclic) bond motifs is 1. The van der Waals surface area contributed by atoms with Crippen LogP contribution >= 0.6 is 34.2 Å². The number of hydrogen-bond acceptors (Lipinski definition) is 2. The summed E-state index contributed by atoms with van der Waals surface area (Å²) in [5.41, 5.74) is 10.0. The number of anilines is 1. The van der Waals surface area contributed by atoms with E-state index in [2.05, 4.69) is 34.5 Å². The van der Waals surface area contributed by atoms with E-state index in [0.29, 0.717) is 5.02 Å². The highest BCUT2D eigenvalue weighted by Gasteiger charge is 2.11. The number of aryl methyl sites for hydroxylation is 1. The van der Waals surface area contributed by atoms with Gasteiger partial charge in [-0.1, -0.05) is 18.5 Å². The number of rotatable bonds is 1. The molecule has 16 heavy (non-hydrogen) atoms. The minimum atomic E-state index is 0.705. The number of benzene rings is 1. The van der Waals surface area contributed by atoms with Crippen LogP contribution in [0.1, 0.15) is 18.2 Å². The zero-order valence-corrected chi connectivity index (χ0v) is 12.1. The molecule has 2 aromatic rings. The fourth-order valence-corrected chi connectivity index (χ4v) is 3.07. The van der Waals surface area contributed by atoms with Crippen molar-refractivity contribution in [2.24, 2.45) is 0 Å². The van der Waals surface area contributed by atoms with Gasteiger partial charge in [-0.05, 0) is 53.6 Å². The molecule has 0 radical (unpaired) electrons. The van der Waals surface area contributed by atoms with E-state index in [1.807, 2.05) is 19.1 Å². The normalized spacial score (nSPS) is 11.0. The zero-order valence-electron chi connectivity index (χ0n) is 9.14. The molecular weight excluding hydrogens is 335 g/mol. The van der Waals surface area contributed by atoms with Gasteiger partial charge in [0.25, 0.3) is 0 Å². The van der Waals surface area contributed by atoms with Crippen LogP contribution in [0.25, 0.3) is 10.9 Å². The largest absolute Gasteiger partial charge is 0.398 e. The van der Waals surface area contributed by atoms with Crippen molar-refractivity contribution >= 4 is 50.8 Å². The van der Waals surface area contributed by atoms with Crippen LogP contribution in [0.15, 0.2) is 12.1 Å². The van der Waals surface area contributed by atoms with Crippen molar-refractivity contribution in [1.82, 2.24) is 4.98 Å². The van der Waals surface area contributed by atoms with Gasteiger partial charge in [0.2, 0.25) is 0 Å². The maximum absolute atomic E-state index is 6.17. The monoisotopic (exact) mass is 346 g/mol. The van der Waals surface area contributed by atoms with E-state index in [4.69, 9.17) is 17.3 Å². The Morgan fingerprint density at radius 2 is 2.12 bits per heavy atom. The summed E-state index contributed by atoms with van der Waals surface area (Å²) in [6, 6.07) is 3.79. The molecule has 0 aliphatic heterocycles. The first kappa shape index (κ1) is 11.9. The van der Waals surface area contributed by atoms with E-state index in [9.17, 15) is 0 Å². The molecule has 1 aromatic carbocycles. The van der Waals surface area contributed by atoms with E-state index in [1.165, 1.54) is 0 Å². The Morgan fingerprint density at radius 1 is 1.44 bits per heavy atom. The Kier molecular flexibility index (Phi) is 3.26. The molecule has 4 heteroatoms. The molecule has 2 nitrogen and oxygen atoms in total. The van der Waals surface area contributed by atoms with Crippen molar-refractivity contribution in [2.45, 2.75) is 20.3 Å². The van der Waals surface area contributed by atoms with Crippen molar-refractivity contribution in [2.75, 3.05) is 5.73 Å². The minimum Gasteiger partial charge on any atom is -0.398 e. The minimum absolute atomic E-state index is 0.705. The van der Waals surface area contributed by atoms with Gasteiger partial charge in [0, 0.05) is 25.4 Å². The van der Waals surface area contributed by atoms with Gasteiger partial charge in [0.15, 0.2) is 0 Å². The number of nitrogens with zero attached hydrogens (tertiary/aromatic N) is 1. The van der Waals surface area contributed by atoms with E-state index in [-0.39, 0.29) is 0 Å². The van der Waals surface area contributed by atoms with Crippen LogP contribution in [0.3, 0.4) is 0 Å². The van der Waals surface area contributed by atoms with Crippen molar-refractivity contribution in [1.29, 1.82) is 0 Å². The second kappa shape index (κ2) is 4.37. The van der Waals surface area contributed by atoms with Crippen molar-refractivity contribution in [3.05, 3.63) is 32.0 Å². The van der Waals surface area contributed by atoms with Crippen molar-refractivity contribution in [3.63, 3.8) is 0 Å². The predicted molar refractivity (Wildman–Crippen MR) is 78.0 cm³/mol. The van der Waals surface area contributed by atoms with Crippen molar-refractivity contribution < 1.29 is 0 Å². The Hall–Kier alpha value is -0.550. The molecule has 2 N–H and O–H groups in total. The topological polar surface area (TPSA) is 38.9 Å². The summed E-state index contributed by atoms with van der Waals surface area (Å²) in [6.07, 6.45) is 0.893. The lowest BCUT2D eigenvalue weighted by Gasteiger charge is -2.11. The van der Waals surface area contributed by atoms with Gasteiger partial charge in [0.1, 0.15) is 0 Å². The highest BCUT2D eigenvalue weighted by molar-refractivity contribution is 14.1. The quantitative estimate of drug-likeness (QED) is 0.794. The maximum atomic E-state index is 6.17. The second-order valence-corrected chi connectivity index (χ2v) is 5.33. The van der Waals surface area contributed by atoms with Crippen LogP contribution in [-0.2, 0) is 6.42 Å². The summed E-state index contributed by atoms with van der Waals surface area (Å²) in [4.78, 5) is 4.60. The molecular formula is C12H12ClIN2. The third-order valence-electron chi connectivity index (χ3n) is 2.71.